The second kappa shape index (κ2) is 4.44. The fourth-order valence-corrected chi connectivity index (χ4v) is 2.25. The lowest BCUT2D eigenvalue weighted by Crippen LogP contribution is -2.41. The number of piperidine rings is 1. The largest absolute Gasteiger partial charge is 0.353 e. The van der Waals surface area contributed by atoms with Gasteiger partial charge in [-0.15, -0.1) is 0 Å². The maximum absolute atomic E-state index is 13.7. The second-order valence-corrected chi connectivity index (χ2v) is 5.20. The minimum atomic E-state index is -0.401. The third kappa shape index (κ3) is 2.63. The van der Waals surface area contributed by atoms with Crippen molar-refractivity contribution < 1.29 is 4.39 Å². The summed E-state index contributed by atoms with van der Waals surface area (Å²) in [6, 6.07) is 0. The molecule has 1 aromatic rings. The van der Waals surface area contributed by atoms with Crippen LogP contribution in [0.5, 0.6) is 0 Å². The standard InChI is InChI=1S/C11H18FN5/c1-11(2)4-3-5-17(7-11)9-8(12)6-14-10(15-9)16-13/h6H,3-5,7,13H2,1-2H3,(H,14,15,16). The van der Waals surface area contributed by atoms with Crippen molar-refractivity contribution in [2.45, 2.75) is 26.7 Å². The summed E-state index contributed by atoms with van der Waals surface area (Å²) in [4.78, 5) is 9.78. The number of halogens is 1. The molecule has 0 unspecified atom stereocenters. The van der Waals surface area contributed by atoms with Crippen LogP contribution in [0.2, 0.25) is 0 Å². The van der Waals surface area contributed by atoms with Crippen molar-refractivity contribution in [3.63, 3.8) is 0 Å². The van der Waals surface area contributed by atoms with Gasteiger partial charge in [-0.25, -0.2) is 15.2 Å². The summed E-state index contributed by atoms with van der Waals surface area (Å²) in [6.45, 7) is 5.98. The first-order chi connectivity index (χ1) is 8.02. The van der Waals surface area contributed by atoms with E-state index in [1.165, 1.54) is 0 Å². The van der Waals surface area contributed by atoms with Gasteiger partial charge in [-0.3, -0.25) is 5.43 Å². The van der Waals surface area contributed by atoms with Crippen LogP contribution >= 0.6 is 0 Å². The molecule has 2 heterocycles. The first-order valence-electron chi connectivity index (χ1n) is 5.76. The Morgan fingerprint density at radius 3 is 2.94 bits per heavy atom. The van der Waals surface area contributed by atoms with Gasteiger partial charge in [0.1, 0.15) is 0 Å². The highest BCUT2D eigenvalue weighted by Gasteiger charge is 2.28. The fourth-order valence-electron chi connectivity index (χ4n) is 2.25. The number of nitrogen functional groups attached to an aromatic ring is 1. The molecule has 1 fully saturated rings. The van der Waals surface area contributed by atoms with Gasteiger partial charge in [0.2, 0.25) is 5.95 Å². The van der Waals surface area contributed by atoms with E-state index in [0.29, 0.717) is 5.82 Å². The normalized spacial score (nSPS) is 19.2. The maximum Gasteiger partial charge on any atom is 0.239 e. The average molecular weight is 239 g/mol. The number of nitrogens with zero attached hydrogens (tertiary/aromatic N) is 3. The van der Waals surface area contributed by atoms with Gasteiger partial charge in [0.05, 0.1) is 6.20 Å². The van der Waals surface area contributed by atoms with Crippen LogP contribution in [0.15, 0.2) is 6.20 Å². The van der Waals surface area contributed by atoms with Gasteiger partial charge in [-0.05, 0) is 18.3 Å². The van der Waals surface area contributed by atoms with Crippen molar-refractivity contribution in [2.75, 3.05) is 23.4 Å². The van der Waals surface area contributed by atoms with E-state index in [4.69, 9.17) is 5.84 Å². The van der Waals surface area contributed by atoms with Gasteiger partial charge in [-0.1, -0.05) is 13.8 Å². The minimum absolute atomic E-state index is 0.186. The van der Waals surface area contributed by atoms with Crippen molar-refractivity contribution in [3.05, 3.63) is 12.0 Å². The summed E-state index contributed by atoms with van der Waals surface area (Å²) in [5, 5.41) is 0. The van der Waals surface area contributed by atoms with Gasteiger partial charge in [0.25, 0.3) is 0 Å². The van der Waals surface area contributed by atoms with E-state index < -0.39 is 5.82 Å². The van der Waals surface area contributed by atoms with Crippen LogP contribution in [0.3, 0.4) is 0 Å². The lowest BCUT2D eigenvalue weighted by Gasteiger charge is -2.38. The SMILES string of the molecule is CC1(C)CCCN(c2nc(NN)ncc2F)C1. The molecule has 0 spiro atoms. The molecule has 6 heteroatoms. The van der Waals surface area contributed by atoms with E-state index >= 15 is 0 Å². The smallest absolute Gasteiger partial charge is 0.239 e. The highest BCUT2D eigenvalue weighted by Crippen LogP contribution is 2.31. The molecule has 0 saturated carbocycles. The first kappa shape index (κ1) is 12.0. The maximum atomic E-state index is 13.7. The Bertz CT molecular complexity index is 407. The zero-order valence-corrected chi connectivity index (χ0v) is 10.2. The van der Waals surface area contributed by atoms with E-state index in [9.17, 15) is 4.39 Å². The number of rotatable bonds is 2. The third-order valence-electron chi connectivity index (χ3n) is 3.05. The van der Waals surface area contributed by atoms with Gasteiger partial charge in [-0.2, -0.15) is 4.98 Å². The number of hydrogen-bond donors (Lipinski definition) is 2. The molecular formula is C11H18FN5. The summed E-state index contributed by atoms with van der Waals surface area (Å²) >= 11 is 0. The highest BCUT2D eigenvalue weighted by atomic mass is 19.1. The van der Waals surface area contributed by atoms with Gasteiger partial charge >= 0.3 is 0 Å². The van der Waals surface area contributed by atoms with E-state index in [0.717, 1.165) is 32.1 Å². The third-order valence-corrected chi connectivity index (χ3v) is 3.05. The molecule has 94 valence electrons. The number of nitrogens with two attached hydrogens (primary N) is 1. The number of hydrogen-bond acceptors (Lipinski definition) is 5. The molecule has 0 atom stereocenters. The Kier molecular flexibility index (Phi) is 3.15. The minimum Gasteiger partial charge on any atom is -0.353 e. The molecule has 0 radical (unpaired) electrons. The molecule has 1 aromatic heterocycles. The molecule has 2 rings (SSSR count). The average Bonchev–Trinajstić information content (AvgIpc) is 2.28. The number of aromatic nitrogens is 2. The predicted octanol–water partition coefficient (Wildman–Crippen LogP) is 1.53. The Hall–Kier alpha value is -1.43. The topological polar surface area (TPSA) is 67.1 Å². The number of nitrogens with one attached hydrogen (secondary N) is 1. The van der Waals surface area contributed by atoms with Crippen molar-refractivity contribution in [3.8, 4) is 0 Å². The number of hydrazine groups is 1. The van der Waals surface area contributed by atoms with E-state index in [2.05, 4.69) is 29.2 Å². The molecule has 1 saturated heterocycles. The summed E-state index contributed by atoms with van der Waals surface area (Å²) < 4.78 is 13.7. The van der Waals surface area contributed by atoms with Crippen LogP contribution in [-0.4, -0.2) is 23.1 Å². The molecule has 1 aliphatic rings. The van der Waals surface area contributed by atoms with E-state index in [1.807, 2.05) is 4.90 Å². The molecule has 0 amide bonds. The molecule has 5 nitrogen and oxygen atoms in total. The van der Waals surface area contributed by atoms with Gasteiger partial charge in [0, 0.05) is 13.1 Å². The Labute approximate surface area is 100 Å². The monoisotopic (exact) mass is 239 g/mol. The fraction of sp³-hybridized carbons (Fsp3) is 0.636. The lowest BCUT2D eigenvalue weighted by atomic mass is 9.84. The summed E-state index contributed by atoms with van der Waals surface area (Å²) in [5.74, 6) is 5.41. The van der Waals surface area contributed by atoms with Crippen LogP contribution in [-0.2, 0) is 0 Å². The summed E-state index contributed by atoms with van der Waals surface area (Å²) in [6.07, 6.45) is 3.35. The quantitative estimate of drug-likeness (QED) is 0.605. The van der Waals surface area contributed by atoms with Crippen LogP contribution < -0.4 is 16.2 Å². The molecule has 0 aliphatic carbocycles. The molecule has 1 aliphatic heterocycles. The van der Waals surface area contributed by atoms with Crippen LogP contribution in [0.1, 0.15) is 26.7 Å². The predicted molar refractivity (Wildman–Crippen MR) is 65.0 cm³/mol. The van der Waals surface area contributed by atoms with Crippen molar-refractivity contribution >= 4 is 11.8 Å². The van der Waals surface area contributed by atoms with E-state index in [-0.39, 0.29) is 11.4 Å². The Morgan fingerprint density at radius 1 is 1.53 bits per heavy atom. The molecule has 3 N–H and O–H groups in total. The molecule has 0 aromatic carbocycles. The van der Waals surface area contributed by atoms with Crippen LogP contribution in [0.25, 0.3) is 0 Å². The van der Waals surface area contributed by atoms with Crippen molar-refractivity contribution in [2.24, 2.45) is 11.3 Å². The van der Waals surface area contributed by atoms with Crippen molar-refractivity contribution in [1.82, 2.24) is 9.97 Å². The Morgan fingerprint density at radius 2 is 2.29 bits per heavy atom. The zero-order valence-electron chi connectivity index (χ0n) is 10.2. The van der Waals surface area contributed by atoms with Gasteiger partial charge < -0.3 is 4.90 Å². The first-order valence-corrected chi connectivity index (χ1v) is 5.76. The lowest BCUT2D eigenvalue weighted by molar-refractivity contribution is 0.290. The highest BCUT2D eigenvalue weighted by molar-refractivity contribution is 5.44. The van der Waals surface area contributed by atoms with Crippen LogP contribution in [0.4, 0.5) is 16.2 Å². The van der Waals surface area contributed by atoms with Crippen LogP contribution in [0, 0.1) is 11.2 Å². The second-order valence-electron chi connectivity index (χ2n) is 5.20. The summed E-state index contributed by atoms with van der Waals surface area (Å²) in [5.41, 5.74) is 2.53. The summed E-state index contributed by atoms with van der Waals surface area (Å²) in [7, 11) is 0. The Balaban J connectivity index is 2.26. The van der Waals surface area contributed by atoms with Crippen molar-refractivity contribution in [1.29, 1.82) is 0 Å². The van der Waals surface area contributed by atoms with Gasteiger partial charge in [0.15, 0.2) is 11.6 Å². The zero-order chi connectivity index (χ0) is 12.5. The molecular weight excluding hydrogens is 221 g/mol. The molecule has 17 heavy (non-hydrogen) atoms. The van der Waals surface area contributed by atoms with E-state index in [1.54, 1.807) is 0 Å². The molecule has 0 bridgehead atoms. The number of anilines is 2.